The largest absolute Gasteiger partial charge is 0.384 e. The van der Waals surface area contributed by atoms with Gasteiger partial charge in [0.2, 0.25) is 0 Å². The second-order valence-electron chi connectivity index (χ2n) is 8.30. The van der Waals surface area contributed by atoms with Crippen molar-refractivity contribution in [1.29, 1.82) is 0 Å². The number of nitrogen functional groups attached to an aromatic ring is 1. The average Bonchev–Trinajstić information content (AvgIpc) is 3.03. The molecule has 1 saturated carbocycles. The second-order valence-corrected chi connectivity index (χ2v) is 8.30. The number of nitrogens with zero attached hydrogens (tertiary/aromatic N) is 3. The van der Waals surface area contributed by atoms with Gasteiger partial charge in [-0.3, -0.25) is 0 Å². The lowest BCUT2D eigenvalue weighted by Gasteiger charge is -2.37. The third-order valence-corrected chi connectivity index (χ3v) is 6.81. The van der Waals surface area contributed by atoms with Gasteiger partial charge >= 0.3 is 0 Å². The molecule has 2 bridgehead atoms. The molecule has 4 nitrogen and oxygen atoms in total. The van der Waals surface area contributed by atoms with Crippen LogP contribution in [0.4, 0.5) is 14.6 Å². The molecule has 5 rings (SSSR count). The van der Waals surface area contributed by atoms with Gasteiger partial charge in [0.15, 0.2) is 0 Å². The fourth-order valence-corrected chi connectivity index (χ4v) is 5.45. The van der Waals surface area contributed by atoms with Gasteiger partial charge in [0.25, 0.3) is 0 Å². The van der Waals surface area contributed by atoms with Gasteiger partial charge in [-0.1, -0.05) is 26.0 Å². The molecule has 3 aromatic rings. The fourth-order valence-electron chi connectivity index (χ4n) is 5.45. The summed E-state index contributed by atoms with van der Waals surface area (Å²) in [5.41, 5.74) is 8.26. The van der Waals surface area contributed by atoms with Crippen LogP contribution < -0.4 is 5.73 Å². The number of benzene rings is 1. The number of hydrogen-bond donors (Lipinski definition) is 1. The van der Waals surface area contributed by atoms with E-state index in [1.54, 1.807) is 6.07 Å². The summed E-state index contributed by atoms with van der Waals surface area (Å²) in [5.74, 6) is -0.583. The van der Waals surface area contributed by atoms with Crippen LogP contribution in [0.2, 0.25) is 0 Å². The van der Waals surface area contributed by atoms with Crippen LogP contribution in [-0.2, 0) is 5.41 Å². The Hall–Kier alpha value is -2.89. The Labute approximate surface area is 161 Å². The van der Waals surface area contributed by atoms with Crippen molar-refractivity contribution in [1.82, 2.24) is 15.2 Å². The van der Waals surface area contributed by atoms with Gasteiger partial charge in [0.05, 0.1) is 28.1 Å². The van der Waals surface area contributed by atoms with Gasteiger partial charge < -0.3 is 5.73 Å². The van der Waals surface area contributed by atoms with Crippen LogP contribution >= 0.6 is 0 Å². The van der Waals surface area contributed by atoms with Crippen molar-refractivity contribution in [3.05, 3.63) is 71.1 Å². The first kappa shape index (κ1) is 17.2. The Morgan fingerprint density at radius 3 is 2.46 bits per heavy atom. The molecule has 142 valence electrons. The summed E-state index contributed by atoms with van der Waals surface area (Å²) in [6, 6.07) is 11.3. The minimum atomic E-state index is -0.635. The van der Waals surface area contributed by atoms with E-state index in [-0.39, 0.29) is 22.6 Å². The quantitative estimate of drug-likeness (QED) is 0.708. The highest BCUT2D eigenvalue weighted by Gasteiger charge is 2.65. The Kier molecular flexibility index (Phi) is 3.42. The predicted molar refractivity (Wildman–Crippen MR) is 103 cm³/mol. The Morgan fingerprint density at radius 2 is 1.75 bits per heavy atom. The lowest BCUT2D eigenvalue weighted by molar-refractivity contribution is 0.243. The van der Waals surface area contributed by atoms with Crippen molar-refractivity contribution < 1.29 is 8.78 Å². The van der Waals surface area contributed by atoms with Crippen molar-refractivity contribution in [3.8, 4) is 11.3 Å². The predicted octanol–water partition coefficient (Wildman–Crippen LogP) is 4.60. The molecule has 1 fully saturated rings. The van der Waals surface area contributed by atoms with E-state index in [0.29, 0.717) is 5.82 Å². The number of nitrogens with two attached hydrogens (primary N) is 1. The first-order valence-corrected chi connectivity index (χ1v) is 9.42. The summed E-state index contributed by atoms with van der Waals surface area (Å²) in [6.45, 7) is 4.42. The Bertz CT molecular complexity index is 1090. The maximum Gasteiger partial charge on any atom is 0.135 e. The smallest absolute Gasteiger partial charge is 0.135 e. The third-order valence-electron chi connectivity index (χ3n) is 6.81. The van der Waals surface area contributed by atoms with Crippen LogP contribution in [0.5, 0.6) is 0 Å². The van der Waals surface area contributed by atoms with Crippen LogP contribution in [0.1, 0.15) is 49.6 Å². The molecule has 2 heterocycles. The van der Waals surface area contributed by atoms with E-state index in [2.05, 4.69) is 29.0 Å². The van der Waals surface area contributed by atoms with Crippen LogP contribution in [0.3, 0.4) is 0 Å². The molecule has 0 amide bonds. The molecule has 1 aromatic carbocycles. The van der Waals surface area contributed by atoms with E-state index in [9.17, 15) is 8.78 Å². The molecule has 0 saturated heterocycles. The second kappa shape index (κ2) is 5.56. The number of anilines is 1. The van der Waals surface area contributed by atoms with E-state index < -0.39 is 17.0 Å². The van der Waals surface area contributed by atoms with Gasteiger partial charge in [-0.2, -0.15) is 5.10 Å². The van der Waals surface area contributed by atoms with E-state index >= 15 is 0 Å². The van der Waals surface area contributed by atoms with E-state index in [4.69, 9.17) is 5.73 Å². The summed E-state index contributed by atoms with van der Waals surface area (Å²) < 4.78 is 28.6. The lowest BCUT2D eigenvalue weighted by Crippen LogP contribution is -2.37. The molecule has 28 heavy (non-hydrogen) atoms. The normalized spacial score (nSPS) is 24.4. The number of hydrogen-bond acceptors (Lipinski definition) is 4. The number of aromatic nitrogens is 3. The maximum atomic E-state index is 14.3. The molecule has 0 radical (unpaired) electrons. The average molecular weight is 378 g/mol. The number of halogens is 2. The van der Waals surface area contributed by atoms with Crippen molar-refractivity contribution in [2.45, 2.75) is 38.0 Å². The van der Waals surface area contributed by atoms with Crippen molar-refractivity contribution in [2.75, 3.05) is 5.73 Å². The Morgan fingerprint density at radius 1 is 1.04 bits per heavy atom. The van der Waals surface area contributed by atoms with Gasteiger partial charge in [-0.05, 0) is 60.1 Å². The molecule has 0 unspecified atom stereocenters. The molecule has 0 aliphatic heterocycles. The summed E-state index contributed by atoms with van der Waals surface area (Å²) in [7, 11) is 0. The molecule has 2 aliphatic carbocycles. The van der Waals surface area contributed by atoms with E-state index in [1.807, 2.05) is 18.2 Å². The minimum absolute atomic E-state index is 0.130. The topological polar surface area (TPSA) is 64.7 Å². The molecule has 0 spiro atoms. The van der Waals surface area contributed by atoms with E-state index in [0.717, 1.165) is 29.8 Å². The summed E-state index contributed by atoms with van der Waals surface area (Å²) in [4.78, 5) is 4.62. The standard InChI is InChI=1S/C22H20F2N4/c1-21(2)13-9-10-22(21,17-7-4-8-18(25)26-17)20-12(13)11-16(27-28-20)19-14(23)5-3-6-15(19)24/h3-8,11,13H,9-10H2,1-2H3,(H2,25,26)/t13-,22+/m0/s1. The van der Waals surface area contributed by atoms with Crippen LogP contribution in [0.15, 0.2) is 42.5 Å². The zero-order chi connectivity index (χ0) is 19.7. The molecule has 2 aromatic heterocycles. The molecular formula is C22H20F2N4. The first-order chi connectivity index (χ1) is 13.4. The monoisotopic (exact) mass is 378 g/mol. The molecular weight excluding hydrogens is 358 g/mol. The van der Waals surface area contributed by atoms with Gasteiger partial charge in [-0.15, -0.1) is 5.10 Å². The minimum Gasteiger partial charge on any atom is -0.384 e. The summed E-state index contributed by atoms with van der Waals surface area (Å²) in [6.07, 6.45) is 1.86. The zero-order valence-electron chi connectivity index (χ0n) is 15.7. The Balaban J connectivity index is 1.74. The fraction of sp³-hybridized carbons (Fsp3) is 0.318. The SMILES string of the molecule is CC1(C)[C@H]2CC[C@@]1(c1cccc(N)n1)c1nnc(-c3c(F)cccc3F)cc12. The van der Waals surface area contributed by atoms with Gasteiger partial charge in [-0.25, -0.2) is 13.8 Å². The molecule has 6 heteroatoms. The van der Waals surface area contributed by atoms with Crippen LogP contribution in [0.25, 0.3) is 11.3 Å². The van der Waals surface area contributed by atoms with E-state index in [1.165, 1.54) is 18.2 Å². The van der Waals surface area contributed by atoms with Gasteiger partial charge in [0, 0.05) is 0 Å². The van der Waals surface area contributed by atoms with Crippen molar-refractivity contribution in [3.63, 3.8) is 0 Å². The number of rotatable bonds is 2. The number of pyridine rings is 1. The molecule has 2 aliphatic rings. The zero-order valence-corrected chi connectivity index (χ0v) is 15.7. The third kappa shape index (κ3) is 2.00. The summed E-state index contributed by atoms with van der Waals surface area (Å²) in [5, 5.41) is 8.74. The lowest BCUT2D eigenvalue weighted by atomic mass is 9.66. The van der Waals surface area contributed by atoms with Gasteiger partial charge in [0.1, 0.15) is 17.5 Å². The van der Waals surface area contributed by atoms with Crippen molar-refractivity contribution in [2.24, 2.45) is 5.41 Å². The van der Waals surface area contributed by atoms with Crippen molar-refractivity contribution >= 4 is 5.82 Å². The first-order valence-electron chi connectivity index (χ1n) is 9.42. The molecule has 2 atom stereocenters. The highest BCUT2D eigenvalue weighted by molar-refractivity contribution is 5.64. The van der Waals surface area contributed by atoms with Crippen LogP contribution in [0, 0.1) is 17.0 Å². The summed E-state index contributed by atoms with van der Waals surface area (Å²) >= 11 is 0. The molecule has 2 N–H and O–H groups in total. The number of fused-ring (bicyclic) bond motifs is 5. The van der Waals surface area contributed by atoms with Crippen LogP contribution in [-0.4, -0.2) is 15.2 Å². The maximum absolute atomic E-state index is 14.3. The highest BCUT2D eigenvalue weighted by atomic mass is 19.1. The highest BCUT2D eigenvalue weighted by Crippen LogP contribution is 2.69.